The van der Waals surface area contributed by atoms with Crippen molar-refractivity contribution in [3.8, 4) is 11.3 Å². The Morgan fingerprint density at radius 1 is 1.23 bits per heavy atom. The van der Waals surface area contributed by atoms with E-state index in [-0.39, 0.29) is 22.7 Å². The molecule has 1 aliphatic rings. The number of hydrogen-bond acceptors (Lipinski definition) is 4. The van der Waals surface area contributed by atoms with Gasteiger partial charge in [-0.2, -0.15) is 5.10 Å². The minimum absolute atomic E-state index is 0.00619. The molecule has 0 radical (unpaired) electrons. The van der Waals surface area contributed by atoms with Gasteiger partial charge in [-0.05, 0) is 37.6 Å². The highest BCUT2D eigenvalue weighted by Crippen LogP contribution is 2.36. The molecule has 1 amide bonds. The molecule has 0 saturated heterocycles. The van der Waals surface area contributed by atoms with Crippen molar-refractivity contribution in [3.63, 3.8) is 0 Å². The first-order valence-electron chi connectivity index (χ1n) is 9.53. The molecule has 0 aliphatic carbocycles. The maximum absolute atomic E-state index is 13.8. The molecule has 1 aliphatic heterocycles. The van der Waals surface area contributed by atoms with Gasteiger partial charge in [0, 0.05) is 24.7 Å². The van der Waals surface area contributed by atoms with Crippen molar-refractivity contribution >= 4 is 12.2 Å². The molecule has 3 heterocycles. The maximum atomic E-state index is 13.8. The van der Waals surface area contributed by atoms with Gasteiger partial charge in [0.2, 0.25) is 0 Å². The van der Waals surface area contributed by atoms with E-state index >= 15 is 0 Å². The molecule has 0 fully saturated rings. The van der Waals surface area contributed by atoms with E-state index < -0.39 is 23.5 Å². The molecule has 0 unspecified atom stereocenters. The van der Waals surface area contributed by atoms with E-state index in [4.69, 9.17) is 10.8 Å². The number of halogens is 3. The summed E-state index contributed by atoms with van der Waals surface area (Å²) in [7, 11) is 1.62. The van der Waals surface area contributed by atoms with Crippen LogP contribution in [0.25, 0.3) is 11.3 Å². The van der Waals surface area contributed by atoms with Crippen LogP contribution in [0.15, 0.2) is 30.3 Å². The van der Waals surface area contributed by atoms with Gasteiger partial charge in [0.05, 0.1) is 23.8 Å². The van der Waals surface area contributed by atoms with Crippen molar-refractivity contribution < 1.29 is 18.0 Å². The first kappa shape index (κ1) is 20.6. The molecule has 2 aromatic heterocycles. The molecular weight excluding hydrogens is 409 g/mol. The summed E-state index contributed by atoms with van der Waals surface area (Å²) in [4.78, 5) is 14.8. The summed E-state index contributed by atoms with van der Waals surface area (Å²) < 4.78 is 43.6. The van der Waals surface area contributed by atoms with Crippen LogP contribution in [0.1, 0.15) is 34.7 Å². The Morgan fingerprint density at radius 3 is 2.55 bits per heavy atom. The number of carbonyl (C=O) groups excluding carboxylic acids is 1. The molecule has 10 heteroatoms. The third kappa shape index (κ3) is 3.24. The smallest absolute Gasteiger partial charge is 0.271 e. The monoisotopic (exact) mass is 428 g/mol. The normalized spacial score (nSPS) is 15.6. The fraction of sp³-hybridized carbons (Fsp3) is 0.238. The lowest BCUT2D eigenvalue weighted by Crippen LogP contribution is -2.41. The second-order valence-corrected chi connectivity index (χ2v) is 7.31. The van der Waals surface area contributed by atoms with Crippen LogP contribution in [0.2, 0.25) is 0 Å². The number of nitrogens with one attached hydrogen (secondary N) is 2. The van der Waals surface area contributed by atoms with E-state index in [1.165, 1.54) is 15.3 Å². The van der Waals surface area contributed by atoms with Gasteiger partial charge in [-0.15, -0.1) is 0 Å². The molecule has 31 heavy (non-hydrogen) atoms. The van der Waals surface area contributed by atoms with Gasteiger partial charge in [0.25, 0.3) is 5.91 Å². The molecule has 0 bridgehead atoms. The molecule has 7 nitrogen and oxygen atoms in total. The molecule has 160 valence electrons. The van der Waals surface area contributed by atoms with Crippen molar-refractivity contribution in [2.75, 3.05) is 6.54 Å². The zero-order valence-corrected chi connectivity index (χ0v) is 16.8. The first-order valence-corrected chi connectivity index (χ1v) is 9.53. The van der Waals surface area contributed by atoms with Gasteiger partial charge >= 0.3 is 0 Å². The fourth-order valence-electron chi connectivity index (χ4n) is 4.06. The standard InChI is InChI=1S/C21H19F3N6O/c1-11-19-13(20(28(2)27-19)12-8-14(22)18(24)15(23)9-12)6-7-29(11)21(31)16-4-3-5-17(26)30(16)10-25/h3-5,8-11,25-26H,6-7H2,1-2H3/t11-/m0/s1. The van der Waals surface area contributed by atoms with Crippen LogP contribution in [0, 0.1) is 28.3 Å². The van der Waals surface area contributed by atoms with Crippen LogP contribution in [-0.4, -0.2) is 38.0 Å². The minimum atomic E-state index is -1.53. The number of hydrogen-bond donors (Lipinski definition) is 2. The predicted molar refractivity (Wildman–Crippen MR) is 106 cm³/mol. The molecule has 4 rings (SSSR count). The molecule has 2 N–H and O–H groups in total. The molecule has 1 aromatic carbocycles. The predicted octanol–water partition coefficient (Wildman–Crippen LogP) is 3.00. The Kier molecular flexibility index (Phi) is 5.00. The third-order valence-electron chi connectivity index (χ3n) is 5.54. The number of aryl methyl sites for hydroxylation is 1. The lowest BCUT2D eigenvalue weighted by molar-refractivity contribution is 0.0665. The summed E-state index contributed by atoms with van der Waals surface area (Å²) in [6, 6.07) is 6.01. The SMILES string of the molecule is C[C@H]1c2nn(C)c(-c3cc(F)c(F)c(F)c3)c2CCN1C(=O)c1cccc(=N)n1C=N. The van der Waals surface area contributed by atoms with E-state index in [1.54, 1.807) is 31.0 Å². The Labute approximate surface area is 175 Å². The number of carbonyl (C=O) groups is 1. The number of nitrogens with zero attached hydrogens (tertiary/aromatic N) is 4. The van der Waals surface area contributed by atoms with Crippen LogP contribution < -0.4 is 5.49 Å². The summed E-state index contributed by atoms with van der Waals surface area (Å²) in [6.45, 7) is 2.09. The Hall–Kier alpha value is -3.69. The zero-order valence-electron chi connectivity index (χ0n) is 16.8. The van der Waals surface area contributed by atoms with Crippen LogP contribution in [0.5, 0.6) is 0 Å². The first-order chi connectivity index (χ1) is 14.7. The highest BCUT2D eigenvalue weighted by molar-refractivity contribution is 5.95. The molecule has 0 saturated carbocycles. The lowest BCUT2D eigenvalue weighted by Gasteiger charge is -2.33. The number of benzene rings is 1. The summed E-state index contributed by atoms with van der Waals surface area (Å²) in [5, 5.41) is 19.9. The third-order valence-corrected chi connectivity index (χ3v) is 5.54. The minimum Gasteiger partial charge on any atom is -0.329 e. The van der Waals surface area contributed by atoms with Crippen LogP contribution in [0.4, 0.5) is 13.2 Å². The summed E-state index contributed by atoms with van der Waals surface area (Å²) >= 11 is 0. The second kappa shape index (κ2) is 7.53. The molecular formula is C21H19F3N6O. The quantitative estimate of drug-likeness (QED) is 0.382. The van der Waals surface area contributed by atoms with Crippen LogP contribution in [-0.2, 0) is 13.5 Å². The molecule has 0 spiro atoms. The van der Waals surface area contributed by atoms with Crippen molar-refractivity contribution in [2.24, 2.45) is 7.05 Å². The van der Waals surface area contributed by atoms with Gasteiger partial charge in [0.1, 0.15) is 11.2 Å². The number of rotatable bonds is 3. The summed E-state index contributed by atoms with van der Waals surface area (Å²) in [6.07, 6.45) is 1.28. The second-order valence-electron chi connectivity index (χ2n) is 7.31. The molecule has 3 aromatic rings. The fourth-order valence-corrected chi connectivity index (χ4v) is 4.06. The van der Waals surface area contributed by atoms with E-state index in [2.05, 4.69) is 5.10 Å². The average molecular weight is 428 g/mol. The van der Waals surface area contributed by atoms with Crippen molar-refractivity contribution in [3.05, 3.63) is 70.2 Å². The van der Waals surface area contributed by atoms with E-state index in [9.17, 15) is 18.0 Å². The number of amides is 1. The highest BCUT2D eigenvalue weighted by atomic mass is 19.2. The van der Waals surface area contributed by atoms with Gasteiger partial charge in [-0.1, -0.05) is 6.07 Å². The van der Waals surface area contributed by atoms with Gasteiger partial charge in [0.15, 0.2) is 17.5 Å². The van der Waals surface area contributed by atoms with Gasteiger partial charge in [-0.25, -0.2) is 13.2 Å². The van der Waals surface area contributed by atoms with Crippen molar-refractivity contribution in [2.45, 2.75) is 19.4 Å². The number of aromatic nitrogens is 3. The van der Waals surface area contributed by atoms with Crippen LogP contribution >= 0.6 is 0 Å². The largest absolute Gasteiger partial charge is 0.329 e. The van der Waals surface area contributed by atoms with Crippen molar-refractivity contribution in [1.82, 2.24) is 19.2 Å². The van der Waals surface area contributed by atoms with Crippen molar-refractivity contribution in [1.29, 1.82) is 10.8 Å². The number of fused-ring (bicyclic) bond motifs is 1. The molecule has 1 atom stereocenters. The number of pyridine rings is 1. The van der Waals surface area contributed by atoms with Gasteiger partial charge < -0.3 is 4.90 Å². The van der Waals surface area contributed by atoms with E-state index in [0.29, 0.717) is 24.4 Å². The Morgan fingerprint density at radius 2 is 1.90 bits per heavy atom. The summed E-state index contributed by atoms with van der Waals surface area (Å²) in [5.74, 6) is -4.45. The van der Waals surface area contributed by atoms with Crippen LogP contribution in [0.3, 0.4) is 0 Å². The van der Waals surface area contributed by atoms with Gasteiger partial charge in [-0.3, -0.25) is 24.9 Å². The Bertz CT molecular complexity index is 1260. The average Bonchev–Trinajstić information content (AvgIpc) is 3.08. The lowest BCUT2D eigenvalue weighted by atomic mass is 9.95. The summed E-state index contributed by atoms with van der Waals surface area (Å²) in [5.41, 5.74) is 2.13. The van der Waals surface area contributed by atoms with E-state index in [1.807, 2.05) is 0 Å². The van der Waals surface area contributed by atoms with E-state index in [0.717, 1.165) is 24.0 Å². The Balaban J connectivity index is 1.75. The zero-order chi connectivity index (χ0) is 22.4. The topological polar surface area (TPSA) is 90.8 Å². The maximum Gasteiger partial charge on any atom is 0.271 e. The highest BCUT2D eigenvalue weighted by Gasteiger charge is 2.34.